The summed E-state index contributed by atoms with van der Waals surface area (Å²) in [6.45, 7) is 0. The van der Waals surface area contributed by atoms with Gasteiger partial charge in [0.05, 0.1) is 0 Å². The lowest BCUT2D eigenvalue weighted by Crippen LogP contribution is -2.15. The van der Waals surface area contributed by atoms with Gasteiger partial charge in [-0.2, -0.15) is 0 Å². The van der Waals surface area contributed by atoms with E-state index in [1.807, 2.05) is 0 Å². The van der Waals surface area contributed by atoms with Crippen molar-refractivity contribution in [3.8, 4) is 0 Å². The highest BCUT2D eigenvalue weighted by Crippen LogP contribution is 2.25. The van der Waals surface area contributed by atoms with E-state index in [2.05, 4.69) is 0 Å². The van der Waals surface area contributed by atoms with Crippen LogP contribution in [0.2, 0.25) is 0 Å². The molecule has 1 aromatic rings. The number of hydrogen-bond acceptors (Lipinski definition) is 3. The van der Waals surface area contributed by atoms with Crippen LogP contribution in [0.1, 0.15) is 11.1 Å². The summed E-state index contributed by atoms with van der Waals surface area (Å²) < 4.78 is 0. The highest BCUT2D eigenvalue weighted by molar-refractivity contribution is 6.03. The van der Waals surface area contributed by atoms with Gasteiger partial charge in [-0.3, -0.25) is 4.79 Å². The molecule has 3 heteroatoms. The Morgan fingerprint density at radius 2 is 1.77 bits per heavy atom. The van der Waals surface area contributed by atoms with Crippen molar-refractivity contribution >= 4 is 11.5 Å². The molecule has 0 saturated heterocycles. The average molecular weight is 176 g/mol. The number of Topliss-reactive ketones (excluding diaryl/α,β-unsaturated/α-hetero) is 1. The molecule has 0 radical (unpaired) electrons. The highest BCUT2D eigenvalue weighted by Gasteiger charge is 2.23. The average Bonchev–Trinajstić information content (AvgIpc) is 2.15. The van der Waals surface area contributed by atoms with Crippen LogP contribution >= 0.6 is 0 Å². The van der Waals surface area contributed by atoms with E-state index in [1.165, 1.54) is 0 Å². The van der Waals surface area contributed by atoms with Gasteiger partial charge >= 0.3 is 0 Å². The van der Waals surface area contributed by atoms with Gasteiger partial charge in [-0.1, -0.05) is 24.3 Å². The third-order valence-electron chi connectivity index (χ3n) is 2.11. The monoisotopic (exact) mass is 176 g/mol. The summed E-state index contributed by atoms with van der Waals surface area (Å²) in [6.07, 6.45) is 0.159. The number of ketones is 1. The third-order valence-corrected chi connectivity index (χ3v) is 2.11. The molecule has 0 amide bonds. The molecule has 0 atom stereocenters. The number of aliphatic hydroxyl groups is 2. The maximum absolute atomic E-state index is 11.1. The number of hydrogen-bond donors (Lipinski definition) is 2. The van der Waals surface area contributed by atoms with Gasteiger partial charge in [0.15, 0.2) is 5.76 Å². The molecule has 13 heavy (non-hydrogen) atoms. The first-order chi connectivity index (χ1) is 6.20. The lowest BCUT2D eigenvalue weighted by Gasteiger charge is -2.14. The van der Waals surface area contributed by atoms with Crippen LogP contribution in [0.3, 0.4) is 0 Å². The molecular weight excluding hydrogens is 168 g/mol. The summed E-state index contributed by atoms with van der Waals surface area (Å²) in [6, 6.07) is 6.98. The van der Waals surface area contributed by atoms with Crippen molar-refractivity contribution in [2.75, 3.05) is 0 Å². The number of carbonyl (C=O) groups is 1. The molecule has 1 aromatic carbocycles. The fourth-order valence-corrected chi connectivity index (χ4v) is 1.42. The van der Waals surface area contributed by atoms with E-state index in [0.29, 0.717) is 5.56 Å². The van der Waals surface area contributed by atoms with Crippen molar-refractivity contribution in [3.05, 3.63) is 41.2 Å². The maximum Gasteiger partial charge on any atom is 0.205 e. The van der Waals surface area contributed by atoms with E-state index < -0.39 is 11.5 Å². The van der Waals surface area contributed by atoms with Gasteiger partial charge in [0.2, 0.25) is 11.5 Å². The molecule has 0 aromatic heterocycles. The van der Waals surface area contributed by atoms with Crippen molar-refractivity contribution < 1.29 is 15.0 Å². The van der Waals surface area contributed by atoms with E-state index in [4.69, 9.17) is 0 Å². The minimum atomic E-state index is -0.529. The largest absolute Gasteiger partial charge is 0.504 e. The summed E-state index contributed by atoms with van der Waals surface area (Å²) in [5.74, 6) is -1.28. The van der Waals surface area contributed by atoms with Crippen molar-refractivity contribution in [1.82, 2.24) is 0 Å². The molecule has 1 aliphatic carbocycles. The predicted octanol–water partition coefficient (Wildman–Crippen LogP) is 1.60. The lowest BCUT2D eigenvalue weighted by atomic mass is 9.94. The van der Waals surface area contributed by atoms with Crippen LogP contribution in [0.25, 0.3) is 5.76 Å². The molecule has 0 saturated carbocycles. The van der Waals surface area contributed by atoms with Gasteiger partial charge in [0.25, 0.3) is 0 Å². The van der Waals surface area contributed by atoms with Gasteiger partial charge in [0.1, 0.15) is 0 Å². The Morgan fingerprint density at radius 3 is 2.54 bits per heavy atom. The molecule has 1 aliphatic rings. The van der Waals surface area contributed by atoms with Gasteiger partial charge < -0.3 is 10.2 Å². The second-order valence-electron chi connectivity index (χ2n) is 2.95. The van der Waals surface area contributed by atoms with E-state index >= 15 is 0 Å². The lowest BCUT2D eigenvalue weighted by molar-refractivity contribution is -0.117. The summed E-state index contributed by atoms with van der Waals surface area (Å²) in [7, 11) is 0. The van der Waals surface area contributed by atoms with Gasteiger partial charge in [-0.25, -0.2) is 0 Å². The molecule has 0 fully saturated rings. The summed E-state index contributed by atoms with van der Waals surface area (Å²) in [4.78, 5) is 11.1. The van der Waals surface area contributed by atoms with Crippen LogP contribution in [0, 0.1) is 0 Å². The zero-order chi connectivity index (χ0) is 9.42. The fourth-order valence-electron chi connectivity index (χ4n) is 1.42. The van der Waals surface area contributed by atoms with Crippen LogP contribution in [0.4, 0.5) is 0 Å². The van der Waals surface area contributed by atoms with E-state index in [-0.39, 0.29) is 12.2 Å². The Bertz CT molecular complexity index is 404. The smallest absolute Gasteiger partial charge is 0.205 e. The van der Waals surface area contributed by atoms with Gasteiger partial charge in [0, 0.05) is 12.0 Å². The molecule has 3 nitrogen and oxygen atoms in total. The van der Waals surface area contributed by atoms with Crippen LogP contribution in [-0.4, -0.2) is 16.0 Å². The van der Waals surface area contributed by atoms with Crippen LogP contribution in [0.5, 0.6) is 0 Å². The molecule has 0 heterocycles. The normalized spacial score (nSPS) is 15.8. The molecule has 0 bridgehead atoms. The van der Waals surface area contributed by atoms with Crippen molar-refractivity contribution in [3.63, 3.8) is 0 Å². The van der Waals surface area contributed by atoms with Crippen molar-refractivity contribution in [1.29, 1.82) is 0 Å². The SMILES string of the molecule is O=C1Cc2ccccc2C(O)=C1O. The number of aliphatic hydroxyl groups excluding tert-OH is 2. The molecule has 0 aliphatic heterocycles. The third kappa shape index (κ3) is 1.09. The molecule has 2 rings (SSSR count). The first-order valence-electron chi connectivity index (χ1n) is 3.94. The molecule has 0 unspecified atom stereocenters. The minimum absolute atomic E-state index is 0.159. The molecular formula is C10H8O3. The Kier molecular flexibility index (Phi) is 1.59. The Morgan fingerprint density at radius 1 is 1.08 bits per heavy atom. The summed E-state index contributed by atoms with van der Waals surface area (Å²) in [5, 5.41) is 18.6. The second kappa shape index (κ2) is 2.62. The first kappa shape index (κ1) is 7.86. The molecule has 0 spiro atoms. The fraction of sp³-hybridized carbons (Fsp3) is 0.100. The number of carbonyl (C=O) groups excluding carboxylic acids is 1. The number of rotatable bonds is 0. The summed E-state index contributed by atoms with van der Waals surface area (Å²) >= 11 is 0. The van der Waals surface area contributed by atoms with E-state index in [9.17, 15) is 15.0 Å². The minimum Gasteiger partial charge on any atom is -0.504 e. The predicted molar refractivity (Wildman–Crippen MR) is 47.3 cm³/mol. The Balaban J connectivity index is 2.66. The highest BCUT2D eigenvalue weighted by atomic mass is 16.3. The quantitative estimate of drug-likeness (QED) is 0.631. The van der Waals surface area contributed by atoms with E-state index in [1.54, 1.807) is 24.3 Å². The topological polar surface area (TPSA) is 57.5 Å². The Labute approximate surface area is 74.9 Å². The van der Waals surface area contributed by atoms with Crippen molar-refractivity contribution in [2.45, 2.75) is 6.42 Å². The summed E-state index contributed by atoms with van der Waals surface area (Å²) in [5.41, 5.74) is 1.29. The number of allylic oxidation sites excluding steroid dienone is 1. The zero-order valence-corrected chi connectivity index (χ0v) is 6.82. The standard InChI is InChI=1S/C10H8O3/c11-8-5-6-3-1-2-4-7(6)9(12)10(8)13/h1-4,12-13H,5H2. The van der Waals surface area contributed by atoms with E-state index in [0.717, 1.165) is 5.56 Å². The van der Waals surface area contributed by atoms with Crippen LogP contribution in [-0.2, 0) is 11.2 Å². The maximum atomic E-state index is 11.1. The van der Waals surface area contributed by atoms with Gasteiger partial charge in [-0.15, -0.1) is 0 Å². The molecule has 66 valence electrons. The van der Waals surface area contributed by atoms with Gasteiger partial charge in [-0.05, 0) is 5.56 Å². The van der Waals surface area contributed by atoms with Crippen LogP contribution < -0.4 is 0 Å². The molecule has 2 N–H and O–H groups in total. The number of fused-ring (bicyclic) bond motifs is 1. The number of benzene rings is 1. The van der Waals surface area contributed by atoms with Crippen LogP contribution in [0.15, 0.2) is 30.0 Å². The van der Waals surface area contributed by atoms with Crippen molar-refractivity contribution in [2.24, 2.45) is 0 Å². The Hall–Kier alpha value is -1.77. The zero-order valence-electron chi connectivity index (χ0n) is 6.82. The second-order valence-corrected chi connectivity index (χ2v) is 2.95. The first-order valence-corrected chi connectivity index (χ1v) is 3.94.